The summed E-state index contributed by atoms with van der Waals surface area (Å²) in [5.41, 5.74) is 7.89. The number of halogens is 1. The van der Waals surface area contributed by atoms with E-state index in [1.54, 1.807) is 25.5 Å². The lowest BCUT2D eigenvalue weighted by Crippen LogP contribution is -2.45. The van der Waals surface area contributed by atoms with Crippen molar-refractivity contribution in [1.29, 1.82) is 0 Å². The lowest BCUT2D eigenvalue weighted by molar-refractivity contribution is 0.0952. The number of hydrogen-bond acceptors (Lipinski definition) is 4. The van der Waals surface area contributed by atoms with Gasteiger partial charge in [-0.15, -0.1) is 0 Å². The highest BCUT2D eigenvalue weighted by atomic mass is 79.9. The van der Waals surface area contributed by atoms with Gasteiger partial charge in [-0.1, -0.05) is 22.9 Å². The molecule has 29 heavy (non-hydrogen) atoms. The molecule has 0 radical (unpaired) electrons. The van der Waals surface area contributed by atoms with E-state index in [4.69, 9.17) is 4.74 Å². The summed E-state index contributed by atoms with van der Waals surface area (Å²) in [4.78, 5) is 14.9. The van der Waals surface area contributed by atoms with E-state index in [0.29, 0.717) is 17.2 Å². The average molecular weight is 458 g/mol. The number of fused-ring (bicyclic) bond motifs is 1. The molecule has 3 rings (SSSR count). The number of amides is 1. The van der Waals surface area contributed by atoms with Gasteiger partial charge in [0.2, 0.25) is 0 Å². The first-order valence-corrected chi connectivity index (χ1v) is 10.5. The van der Waals surface area contributed by atoms with Gasteiger partial charge < -0.3 is 9.64 Å². The summed E-state index contributed by atoms with van der Waals surface area (Å²) < 4.78 is 6.07. The van der Waals surface area contributed by atoms with Crippen LogP contribution in [0.4, 0.5) is 5.69 Å². The number of hydrogen-bond donors (Lipinski definition) is 1. The quantitative estimate of drug-likeness (QED) is 0.503. The molecule has 0 aliphatic carbocycles. The van der Waals surface area contributed by atoms with Gasteiger partial charge in [-0.25, -0.2) is 5.43 Å². The number of nitrogens with one attached hydrogen (secondary N) is 1. The summed E-state index contributed by atoms with van der Waals surface area (Å²) in [6, 6.07) is 9.70. The minimum atomic E-state index is -0.315. The largest absolute Gasteiger partial charge is 0.496 e. The summed E-state index contributed by atoms with van der Waals surface area (Å²) in [5.74, 6) is 0.652. The molecule has 5 nitrogen and oxygen atoms in total. The lowest BCUT2D eigenvalue weighted by Gasteiger charge is -2.45. The number of methoxy groups -OCH3 is 1. The predicted octanol–water partition coefficient (Wildman–Crippen LogP) is 5.25. The van der Waals surface area contributed by atoms with E-state index in [-0.39, 0.29) is 11.4 Å². The van der Waals surface area contributed by atoms with E-state index in [0.717, 1.165) is 22.0 Å². The molecule has 1 amide bonds. The van der Waals surface area contributed by atoms with Crippen molar-refractivity contribution in [2.24, 2.45) is 5.10 Å². The molecule has 154 valence electrons. The molecule has 0 unspecified atom stereocenters. The van der Waals surface area contributed by atoms with Crippen LogP contribution in [-0.2, 0) is 0 Å². The van der Waals surface area contributed by atoms with E-state index in [9.17, 15) is 4.79 Å². The lowest BCUT2D eigenvalue weighted by atomic mass is 9.79. The van der Waals surface area contributed by atoms with E-state index < -0.39 is 0 Å². The standard InChI is InChI=1S/C23H28BrN3O2/c1-14-9-20-18(15(2)12-23(3,4)27(20)5)10-16(14)13-25-26-22(28)19-11-17(24)7-8-21(19)29-6/h7-11,13,15H,12H2,1-6H3,(H,26,28)/b25-13-/t15-/m0/s1. The van der Waals surface area contributed by atoms with Crippen molar-refractivity contribution in [3.8, 4) is 5.75 Å². The molecule has 1 aliphatic rings. The molecular formula is C23H28BrN3O2. The number of rotatable bonds is 4. The van der Waals surface area contributed by atoms with Gasteiger partial charge in [0.25, 0.3) is 5.91 Å². The highest BCUT2D eigenvalue weighted by Crippen LogP contribution is 2.43. The second-order valence-electron chi connectivity index (χ2n) is 8.29. The fourth-order valence-corrected chi connectivity index (χ4v) is 4.31. The normalized spacial score (nSPS) is 17.9. The monoisotopic (exact) mass is 457 g/mol. The average Bonchev–Trinajstić information content (AvgIpc) is 2.66. The van der Waals surface area contributed by atoms with E-state index in [1.807, 2.05) is 6.07 Å². The number of carbonyl (C=O) groups is 1. The van der Waals surface area contributed by atoms with Crippen molar-refractivity contribution in [1.82, 2.24) is 5.43 Å². The van der Waals surface area contributed by atoms with Crippen LogP contribution in [0.25, 0.3) is 0 Å². The first kappa shape index (κ1) is 21.4. The Kier molecular flexibility index (Phi) is 6.03. The van der Waals surface area contributed by atoms with Crippen LogP contribution >= 0.6 is 15.9 Å². The van der Waals surface area contributed by atoms with Gasteiger partial charge >= 0.3 is 0 Å². The molecule has 1 atom stereocenters. The zero-order chi connectivity index (χ0) is 21.3. The third-order valence-corrected chi connectivity index (χ3v) is 6.29. The van der Waals surface area contributed by atoms with Gasteiger partial charge in [-0.05, 0) is 80.1 Å². The van der Waals surface area contributed by atoms with E-state index in [2.05, 4.69) is 78.2 Å². The highest BCUT2D eigenvalue weighted by molar-refractivity contribution is 9.10. The number of anilines is 1. The molecule has 1 N–H and O–H groups in total. The molecule has 0 aromatic heterocycles. The third-order valence-electron chi connectivity index (χ3n) is 5.80. The van der Waals surface area contributed by atoms with Crippen molar-refractivity contribution >= 4 is 33.7 Å². The Bertz CT molecular complexity index is 969. The van der Waals surface area contributed by atoms with Gasteiger partial charge in [0.05, 0.1) is 18.9 Å². The van der Waals surface area contributed by atoms with Crippen LogP contribution in [0.1, 0.15) is 60.2 Å². The minimum Gasteiger partial charge on any atom is -0.496 e. The molecule has 0 spiro atoms. The second kappa shape index (κ2) is 8.19. The Labute approximate surface area is 181 Å². The minimum absolute atomic E-state index is 0.130. The summed E-state index contributed by atoms with van der Waals surface area (Å²) in [7, 11) is 3.70. The van der Waals surface area contributed by atoms with Crippen LogP contribution in [0.2, 0.25) is 0 Å². The number of carbonyl (C=O) groups excluding carboxylic acids is 1. The number of hydrazone groups is 1. The van der Waals surface area contributed by atoms with Crippen molar-refractivity contribution in [3.63, 3.8) is 0 Å². The predicted molar refractivity (Wildman–Crippen MR) is 122 cm³/mol. The fraction of sp³-hybridized carbons (Fsp3) is 0.391. The molecule has 1 heterocycles. The van der Waals surface area contributed by atoms with Crippen LogP contribution in [0.15, 0.2) is 39.9 Å². The summed E-state index contributed by atoms with van der Waals surface area (Å²) in [6.07, 6.45) is 2.81. The molecule has 0 saturated heterocycles. The second-order valence-corrected chi connectivity index (χ2v) is 9.20. The zero-order valence-corrected chi connectivity index (χ0v) is 19.4. The van der Waals surface area contributed by atoms with Crippen molar-refractivity contribution < 1.29 is 9.53 Å². The Hall–Kier alpha value is -2.34. The van der Waals surface area contributed by atoms with Gasteiger partial charge in [0, 0.05) is 22.7 Å². The highest BCUT2D eigenvalue weighted by Gasteiger charge is 2.34. The Morgan fingerprint density at radius 2 is 2.07 bits per heavy atom. The van der Waals surface area contributed by atoms with Crippen molar-refractivity contribution in [2.75, 3.05) is 19.1 Å². The fourth-order valence-electron chi connectivity index (χ4n) is 3.95. The molecule has 0 fully saturated rings. The topological polar surface area (TPSA) is 53.9 Å². The van der Waals surface area contributed by atoms with Crippen LogP contribution in [-0.4, -0.2) is 31.8 Å². The Morgan fingerprint density at radius 3 is 2.76 bits per heavy atom. The zero-order valence-electron chi connectivity index (χ0n) is 17.8. The third kappa shape index (κ3) is 4.32. The summed E-state index contributed by atoms with van der Waals surface area (Å²) in [6.45, 7) is 8.90. The Morgan fingerprint density at radius 1 is 1.34 bits per heavy atom. The molecule has 1 aliphatic heterocycles. The molecular weight excluding hydrogens is 430 g/mol. The number of benzene rings is 2. The van der Waals surface area contributed by atoms with Crippen LogP contribution < -0.4 is 15.1 Å². The van der Waals surface area contributed by atoms with Crippen molar-refractivity contribution in [3.05, 3.63) is 57.1 Å². The summed E-state index contributed by atoms with van der Waals surface area (Å²) in [5, 5.41) is 4.20. The SMILES string of the molecule is COc1ccc(Br)cc1C(=O)N/N=C\c1cc2c(cc1C)N(C)C(C)(C)C[C@@H]2C. The van der Waals surface area contributed by atoms with Gasteiger partial charge in [0.15, 0.2) is 0 Å². The molecule has 0 saturated carbocycles. The molecule has 0 bridgehead atoms. The molecule has 2 aromatic rings. The molecule has 2 aromatic carbocycles. The van der Waals surface area contributed by atoms with Crippen LogP contribution in [0, 0.1) is 6.92 Å². The van der Waals surface area contributed by atoms with Gasteiger partial charge in [-0.3, -0.25) is 4.79 Å². The number of ether oxygens (including phenoxy) is 1. The van der Waals surface area contributed by atoms with Gasteiger partial charge in [-0.2, -0.15) is 5.10 Å². The molecule has 6 heteroatoms. The summed E-state index contributed by atoms with van der Waals surface area (Å²) >= 11 is 3.38. The maximum absolute atomic E-state index is 12.5. The maximum Gasteiger partial charge on any atom is 0.275 e. The smallest absolute Gasteiger partial charge is 0.275 e. The Balaban J connectivity index is 1.83. The maximum atomic E-state index is 12.5. The first-order chi connectivity index (χ1) is 13.6. The van der Waals surface area contributed by atoms with E-state index in [1.165, 1.54) is 11.3 Å². The number of aryl methyl sites for hydroxylation is 1. The van der Waals surface area contributed by atoms with Crippen LogP contribution in [0.5, 0.6) is 5.75 Å². The van der Waals surface area contributed by atoms with Crippen LogP contribution in [0.3, 0.4) is 0 Å². The van der Waals surface area contributed by atoms with E-state index >= 15 is 0 Å². The van der Waals surface area contributed by atoms with Crippen molar-refractivity contribution in [2.45, 2.75) is 45.6 Å². The van der Waals surface area contributed by atoms with Gasteiger partial charge in [0.1, 0.15) is 5.75 Å². The number of nitrogens with zero attached hydrogens (tertiary/aromatic N) is 2. The first-order valence-electron chi connectivity index (χ1n) is 9.69.